The topological polar surface area (TPSA) is 63.7 Å². The van der Waals surface area contributed by atoms with Crippen molar-refractivity contribution in [1.82, 2.24) is 20.2 Å². The molecule has 0 atom stereocenters. The van der Waals surface area contributed by atoms with Crippen LogP contribution in [0.1, 0.15) is 5.56 Å². The number of fused-ring (bicyclic) bond motifs is 1. The molecule has 2 heterocycles. The number of H-pyrrole nitrogens is 1. The summed E-state index contributed by atoms with van der Waals surface area (Å²) in [4.78, 5) is 8.67. The Labute approximate surface area is 153 Å². The van der Waals surface area contributed by atoms with Crippen LogP contribution in [0, 0.1) is 0 Å². The number of hydrogen-bond donors (Lipinski definition) is 1. The van der Waals surface area contributed by atoms with Gasteiger partial charge in [0, 0.05) is 5.56 Å². The lowest BCUT2D eigenvalue weighted by molar-refractivity contribution is 0.282. The number of aromatic nitrogens is 4. The van der Waals surface area contributed by atoms with E-state index in [0.29, 0.717) is 38.9 Å². The first-order chi connectivity index (χ1) is 12.2. The first-order valence-electron chi connectivity index (χ1n) is 7.54. The zero-order valence-corrected chi connectivity index (χ0v) is 14.4. The van der Waals surface area contributed by atoms with Gasteiger partial charge in [-0.05, 0) is 11.6 Å². The molecular weight excluding hydrogens is 359 g/mol. The summed E-state index contributed by atoms with van der Waals surface area (Å²) >= 11 is 12.4. The van der Waals surface area contributed by atoms with Gasteiger partial charge in [-0.1, -0.05) is 65.7 Å². The minimum atomic E-state index is 0.275. The zero-order valence-electron chi connectivity index (χ0n) is 12.9. The Morgan fingerprint density at radius 2 is 1.84 bits per heavy atom. The van der Waals surface area contributed by atoms with Gasteiger partial charge in [0.1, 0.15) is 23.3 Å². The van der Waals surface area contributed by atoms with Gasteiger partial charge in [0.15, 0.2) is 0 Å². The molecule has 1 N–H and O–H groups in total. The SMILES string of the molecule is Clc1cccc(-c2n[nH]c3cnc(OCc4ccccc4)nc23)c1Cl. The minimum absolute atomic E-state index is 0.275. The van der Waals surface area contributed by atoms with E-state index in [9.17, 15) is 0 Å². The van der Waals surface area contributed by atoms with E-state index >= 15 is 0 Å². The zero-order chi connectivity index (χ0) is 17.2. The third-order valence-electron chi connectivity index (χ3n) is 3.70. The van der Waals surface area contributed by atoms with Crippen molar-refractivity contribution in [3.05, 3.63) is 70.3 Å². The first kappa shape index (κ1) is 15.9. The molecule has 0 fully saturated rings. The van der Waals surface area contributed by atoms with Crippen LogP contribution in [0.5, 0.6) is 6.01 Å². The smallest absolute Gasteiger partial charge is 0.317 e. The molecule has 0 radical (unpaired) electrons. The molecule has 5 nitrogen and oxygen atoms in total. The lowest BCUT2D eigenvalue weighted by Gasteiger charge is -2.05. The number of hydrogen-bond acceptors (Lipinski definition) is 4. The van der Waals surface area contributed by atoms with Crippen molar-refractivity contribution < 1.29 is 4.74 Å². The van der Waals surface area contributed by atoms with Crippen LogP contribution in [0.15, 0.2) is 54.7 Å². The van der Waals surface area contributed by atoms with Gasteiger partial charge in [0.2, 0.25) is 0 Å². The summed E-state index contributed by atoms with van der Waals surface area (Å²) in [6.45, 7) is 0.386. The van der Waals surface area contributed by atoms with E-state index in [1.807, 2.05) is 42.5 Å². The Morgan fingerprint density at radius 3 is 2.68 bits per heavy atom. The second kappa shape index (κ2) is 6.70. The number of nitrogens with zero attached hydrogens (tertiary/aromatic N) is 3. The molecule has 25 heavy (non-hydrogen) atoms. The van der Waals surface area contributed by atoms with E-state index in [-0.39, 0.29) is 6.01 Å². The number of benzene rings is 2. The fraction of sp³-hybridized carbons (Fsp3) is 0.0556. The molecule has 0 aliphatic carbocycles. The summed E-state index contributed by atoms with van der Waals surface area (Å²) < 4.78 is 5.69. The highest BCUT2D eigenvalue weighted by atomic mass is 35.5. The molecule has 2 aromatic carbocycles. The highest BCUT2D eigenvalue weighted by molar-refractivity contribution is 6.43. The highest BCUT2D eigenvalue weighted by Gasteiger charge is 2.15. The molecule has 0 saturated carbocycles. The number of halogens is 2. The average molecular weight is 371 g/mol. The van der Waals surface area contributed by atoms with Gasteiger partial charge < -0.3 is 4.74 Å². The predicted molar refractivity (Wildman–Crippen MR) is 97.9 cm³/mol. The van der Waals surface area contributed by atoms with E-state index in [2.05, 4.69) is 20.2 Å². The Kier molecular flexibility index (Phi) is 4.26. The molecule has 0 saturated heterocycles. The van der Waals surface area contributed by atoms with Crippen LogP contribution < -0.4 is 4.74 Å². The van der Waals surface area contributed by atoms with E-state index in [1.54, 1.807) is 12.3 Å². The highest BCUT2D eigenvalue weighted by Crippen LogP contribution is 2.35. The molecule has 124 valence electrons. The van der Waals surface area contributed by atoms with Gasteiger partial charge in [-0.15, -0.1) is 0 Å². The van der Waals surface area contributed by atoms with Crippen molar-refractivity contribution in [3.63, 3.8) is 0 Å². The van der Waals surface area contributed by atoms with Crippen LogP contribution >= 0.6 is 23.2 Å². The molecule has 7 heteroatoms. The van der Waals surface area contributed by atoms with E-state index in [0.717, 1.165) is 5.56 Å². The Bertz CT molecular complexity index is 1030. The summed E-state index contributed by atoms with van der Waals surface area (Å²) in [5.74, 6) is 0. The summed E-state index contributed by atoms with van der Waals surface area (Å²) in [6, 6.07) is 15.5. The van der Waals surface area contributed by atoms with Crippen molar-refractivity contribution in [3.8, 4) is 17.3 Å². The quantitative estimate of drug-likeness (QED) is 0.554. The number of ether oxygens (including phenoxy) is 1. The molecule has 0 aliphatic heterocycles. The summed E-state index contributed by atoms with van der Waals surface area (Å²) in [7, 11) is 0. The minimum Gasteiger partial charge on any atom is -0.459 e. The molecule has 4 aromatic rings. The molecule has 0 aliphatic rings. The Morgan fingerprint density at radius 1 is 1.00 bits per heavy atom. The number of rotatable bonds is 4. The van der Waals surface area contributed by atoms with Crippen LogP contribution in [0.4, 0.5) is 0 Å². The van der Waals surface area contributed by atoms with Crippen LogP contribution in [0.25, 0.3) is 22.3 Å². The fourth-order valence-corrected chi connectivity index (χ4v) is 2.85. The second-order valence-corrected chi connectivity index (χ2v) is 6.15. The van der Waals surface area contributed by atoms with Crippen molar-refractivity contribution in [2.24, 2.45) is 0 Å². The van der Waals surface area contributed by atoms with Gasteiger partial charge >= 0.3 is 6.01 Å². The maximum absolute atomic E-state index is 6.31. The first-order valence-corrected chi connectivity index (χ1v) is 8.30. The molecule has 0 spiro atoms. The summed E-state index contributed by atoms with van der Waals surface area (Å²) in [5, 5.41) is 8.10. The van der Waals surface area contributed by atoms with Crippen LogP contribution in [0.2, 0.25) is 10.0 Å². The van der Waals surface area contributed by atoms with Gasteiger partial charge in [-0.25, -0.2) is 4.98 Å². The lowest BCUT2D eigenvalue weighted by Crippen LogP contribution is -1.99. The maximum atomic E-state index is 6.31. The van der Waals surface area contributed by atoms with Gasteiger partial charge in [-0.3, -0.25) is 5.10 Å². The monoisotopic (exact) mass is 370 g/mol. The van der Waals surface area contributed by atoms with Gasteiger partial charge in [-0.2, -0.15) is 10.1 Å². The number of nitrogens with one attached hydrogen (secondary N) is 1. The summed E-state index contributed by atoms with van der Waals surface area (Å²) in [5.41, 5.74) is 3.67. The number of aromatic amines is 1. The van der Waals surface area contributed by atoms with Crippen molar-refractivity contribution in [2.45, 2.75) is 6.61 Å². The van der Waals surface area contributed by atoms with Crippen LogP contribution in [-0.4, -0.2) is 20.2 Å². The van der Waals surface area contributed by atoms with Crippen LogP contribution in [0.3, 0.4) is 0 Å². The third-order valence-corrected chi connectivity index (χ3v) is 4.52. The molecule has 2 aromatic heterocycles. The van der Waals surface area contributed by atoms with Gasteiger partial charge in [0.25, 0.3) is 0 Å². The normalized spacial score (nSPS) is 11.0. The third kappa shape index (κ3) is 3.16. The standard InChI is InChI=1S/C18H12Cl2N4O/c19-13-8-4-7-12(15(13)20)16-17-14(23-24-16)9-21-18(22-17)25-10-11-5-2-1-3-6-11/h1-9H,10H2,(H,23,24). The summed E-state index contributed by atoms with van der Waals surface area (Å²) in [6.07, 6.45) is 1.64. The van der Waals surface area contributed by atoms with Crippen molar-refractivity contribution in [2.75, 3.05) is 0 Å². The molecule has 0 bridgehead atoms. The second-order valence-electron chi connectivity index (χ2n) is 5.36. The molecule has 0 amide bonds. The van der Waals surface area contributed by atoms with E-state index < -0.39 is 0 Å². The van der Waals surface area contributed by atoms with Crippen molar-refractivity contribution in [1.29, 1.82) is 0 Å². The molecule has 0 unspecified atom stereocenters. The fourth-order valence-electron chi connectivity index (χ4n) is 2.46. The molecular formula is C18H12Cl2N4O. The Hall–Kier alpha value is -2.63. The van der Waals surface area contributed by atoms with Gasteiger partial charge in [0.05, 0.1) is 16.2 Å². The largest absolute Gasteiger partial charge is 0.459 e. The molecule has 4 rings (SSSR count). The lowest BCUT2D eigenvalue weighted by atomic mass is 10.1. The van der Waals surface area contributed by atoms with E-state index in [1.165, 1.54) is 0 Å². The average Bonchev–Trinajstić information content (AvgIpc) is 3.06. The predicted octanol–water partition coefficient (Wildman–Crippen LogP) is 4.91. The van der Waals surface area contributed by atoms with Crippen molar-refractivity contribution >= 4 is 34.2 Å². The maximum Gasteiger partial charge on any atom is 0.317 e. The van der Waals surface area contributed by atoms with E-state index in [4.69, 9.17) is 27.9 Å². The van der Waals surface area contributed by atoms with Crippen LogP contribution in [-0.2, 0) is 6.61 Å². The Balaban J connectivity index is 1.69.